The molecule has 0 spiro atoms. The van der Waals surface area contributed by atoms with E-state index in [0.717, 1.165) is 38.2 Å². The summed E-state index contributed by atoms with van der Waals surface area (Å²) in [5, 5.41) is 3.38. The SMILES string of the molecule is CC(C)(C)c1ccc2c(c1)CCN2C(=O)CCC1CCNC1.Cl. The number of fused-ring (bicyclic) bond motifs is 1. The van der Waals surface area contributed by atoms with Crippen LogP contribution in [0.25, 0.3) is 0 Å². The first-order valence-electron chi connectivity index (χ1n) is 8.59. The second-order valence-corrected chi connectivity index (χ2v) is 7.79. The zero-order valence-electron chi connectivity index (χ0n) is 14.5. The second kappa shape index (κ2) is 7.23. The summed E-state index contributed by atoms with van der Waals surface area (Å²) in [6, 6.07) is 6.63. The van der Waals surface area contributed by atoms with Crippen LogP contribution in [-0.2, 0) is 16.6 Å². The molecule has 1 amide bonds. The Labute approximate surface area is 146 Å². The van der Waals surface area contributed by atoms with Crippen molar-refractivity contribution in [1.82, 2.24) is 5.32 Å². The van der Waals surface area contributed by atoms with E-state index < -0.39 is 0 Å². The van der Waals surface area contributed by atoms with E-state index in [9.17, 15) is 4.79 Å². The highest BCUT2D eigenvalue weighted by Crippen LogP contribution is 2.33. The van der Waals surface area contributed by atoms with Crippen LogP contribution in [0.2, 0.25) is 0 Å². The number of nitrogens with zero attached hydrogens (tertiary/aromatic N) is 1. The van der Waals surface area contributed by atoms with Gasteiger partial charge in [-0.25, -0.2) is 0 Å². The van der Waals surface area contributed by atoms with Gasteiger partial charge in [0.15, 0.2) is 0 Å². The van der Waals surface area contributed by atoms with Gasteiger partial charge in [0, 0.05) is 18.7 Å². The first-order valence-corrected chi connectivity index (χ1v) is 8.59. The normalized spacial score (nSPS) is 20.3. The van der Waals surface area contributed by atoms with Gasteiger partial charge in [-0.05, 0) is 60.9 Å². The molecule has 3 nitrogen and oxygen atoms in total. The standard InChI is InChI=1S/C19H28N2O.ClH/c1-19(2,3)16-5-6-17-15(12-16)9-11-21(17)18(22)7-4-14-8-10-20-13-14;/h5-6,12,14,20H,4,7-11,13H2,1-3H3;1H. The zero-order chi connectivity index (χ0) is 15.7. The van der Waals surface area contributed by atoms with Crippen molar-refractivity contribution in [1.29, 1.82) is 0 Å². The summed E-state index contributed by atoms with van der Waals surface area (Å²) < 4.78 is 0. The number of rotatable bonds is 3. The number of carbonyl (C=O) groups excluding carboxylic acids is 1. The maximum absolute atomic E-state index is 12.6. The molecule has 1 aromatic rings. The molecule has 0 aliphatic carbocycles. The number of halogens is 1. The van der Waals surface area contributed by atoms with Crippen molar-refractivity contribution in [2.24, 2.45) is 5.92 Å². The van der Waals surface area contributed by atoms with Crippen LogP contribution in [0, 0.1) is 5.92 Å². The molecule has 128 valence electrons. The number of anilines is 1. The van der Waals surface area contributed by atoms with E-state index in [0.29, 0.717) is 18.2 Å². The maximum Gasteiger partial charge on any atom is 0.227 e. The molecule has 1 aromatic carbocycles. The minimum absolute atomic E-state index is 0. The van der Waals surface area contributed by atoms with Gasteiger partial charge < -0.3 is 10.2 Å². The molecule has 0 radical (unpaired) electrons. The molecule has 23 heavy (non-hydrogen) atoms. The van der Waals surface area contributed by atoms with Gasteiger partial charge in [-0.1, -0.05) is 32.9 Å². The number of hydrogen-bond acceptors (Lipinski definition) is 2. The van der Waals surface area contributed by atoms with Gasteiger partial charge in [0.1, 0.15) is 0 Å². The number of carbonyl (C=O) groups is 1. The summed E-state index contributed by atoms with van der Waals surface area (Å²) in [6.07, 6.45) is 3.93. The Morgan fingerprint density at radius 1 is 1.35 bits per heavy atom. The van der Waals surface area contributed by atoms with Gasteiger partial charge in [-0.2, -0.15) is 0 Å². The Hall–Kier alpha value is -1.06. The van der Waals surface area contributed by atoms with Crippen LogP contribution in [0.4, 0.5) is 5.69 Å². The summed E-state index contributed by atoms with van der Waals surface area (Å²) >= 11 is 0. The van der Waals surface area contributed by atoms with Gasteiger partial charge >= 0.3 is 0 Å². The number of amides is 1. The molecule has 1 N–H and O–H groups in total. The fourth-order valence-corrected chi connectivity index (χ4v) is 3.55. The van der Waals surface area contributed by atoms with E-state index in [1.807, 2.05) is 4.90 Å². The number of benzene rings is 1. The largest absolute Gasteiger partial charge is 0.316 e. The third-order valence-corrected chi connectivity index (χ3v) is 5.07. The van der Waals surface area contributed by atoms with Crippen LogP contribution in [0.5, 0.6) is 0 Å². The van der Waals surface area contributed by atoms with Crippen molar-refractivity contribution >= 4 is 24.0 Å². The highest BCUT2D eigenvalue weighted by atomic mass is 35.5. The molecule has 2 aliphatic heterocycles. The first-order chi connectivity index (χ1) is 10.4. The van der Waals surface area contributed by atoms with Crippen molar-refractivity contribution < 1.29 is 4.79 Å². The lowest BCUT2D eigenvalue weighted by Gasteiger charge is -2.22. The Morgan fingerprint density at radius 2 is 2.13 bits per heavy atom. The Balaban J connectivity index is 0.00000192. The Kier molecular flexibility index (Phi) is 5.74. The summed E-state index contributed by atoms with van der Waals surface area (Å²) in [5.74, 6) is 0.989. The first kappa shape index (κ1) is 18.3. The second-order valence-electron chi connectivity index (χ2n) is 7.79. The number of nitrogens with one attached hydrogen (secondary N) is 1. The molecule has 0 aromatic heterocycles. The lowest BCUT2D eigenvalue weighted by Crippen LogP contribution is -2.29. The Morgan fingerprint density at radius 3 is 2.78 bits per heavy atom. The van der Waals surface area contributed by atoms with Gasteiger partial charge in [-0.3, -0.25) is 4.79 Å². The summed E-state index contributed by atoms with van der Waals surface area (Å²) in [7, 11) is 0. The number of hydrogen-bond donors (Lipinski definition) is 1. The van der Waals surface area contributed by atoms with Crippen LogP contribution in [0.1, 0.15) is 51.2 Å². The van der Waals surface area contributed by atoms with E-state index in [2.05, 4.69) is 44.3 Å². The minimum atomic E-state index is 0. The van der Waals surface area contributed by atoms with E-state index in [1.165, 1.54) is 17.5 Å². The lowest BCUT2D eigenvalue weighted by atomic mass is 9.86. The molecule has 1 unspecified atom stereocenters. The third kappa shape index (κ3) is 4.07. The van der Waals surface area contributed by atoms with Crippen molar-refractivity contribution in [3.05, 3.63) is 29.3 Å². The van der Waals surface area contributed by atoms with Crippen LogP contribution >= 0.6 is 12.4 Å². The highest BCUT2D eigenvalue weighted by molar-refractivity contribution is 5.95. The molecule has 1 saturated heterocycles. The van der Waals surface area contributed by atoms with Gasteiger partial charge in [0.05, 0.1) is 0 Å². The van der Waals surface area contributed by atoms with Crippen LogP contribution in [0.3, 0.4) is 0 Å². The predicted octanol–water partition coefficient (Wildman–Crippen LogP) is 3.68. The highest BCUT2D eigenvalue weighted by Gasteiger charge is 2.27. The van der Waals surface area contributed by atoms with Crippen molar-refractivity contribution in [2.45, 2.75) is 51.9 Å². The van der Waals surface area contributed by atoms with Gasteiger partial charge in [0.2, 0.25) is 5.91 Å². The molecule has 2 heterocycles. The van der Waals surface area contributed by atoms with Crippen molar-refractivity contribution in [3.8, 4) is 0 Å². The zero-order valence-corrected chi connectivity index (χ0v) is 15.3. The van der Waals surface area contributed by atoms with E-state index >= 15 is 0 Å². The summed E-state index contributed by atoms with van der Waals surface area (Å²) in [5.41, 5.74) is 4.01. The van der Waals surface area contributed by atoms with Gasteiger partial charge in [0.25, 0.3) is 0 Å². The van der Waals surface area contributed by atoms with E-state index in [4.69, 9.17) is 0 Å². The molecule has 0 bridgehead atoms. The molecular formula is C19H29ClN2O. The van der Waals surface area contributed by atoms with Crippen molar-refractivity contribution in [2.75, 3.05) is 24.5 Å². The molecule has 2 aliphatic rings. The van der Waals surface area contributed by atoms with Crippen LogP contribution < -0.4 is 10.2 Å². The summed E-state index contributed by atoms with van der Waals surface area (Å²) in [6.45, 7) is 9.76. The average Bonchev–Trinajstić information content (AvgIpc) is 3.12. The van der Waals surface area contributed by atoms with E-state index in [-0.39, 0.29) is 17.8 Å². The van der Waals surface area contributed by atoms with Gasteiger partial charge in [-0.15, -0.1) is 12.4 Å². The smallest absolute Gasteiger partial charge is 0.227 e. The quantitative estimate of drug-likeness (QED) is 0.913. The molecular weight excluding hydrogens is 308 g/mol. The molecule has 1 fully saturated rings. The van der Waals surface area contributed by atoms with Crippen LogP contribution in [0.15, 0.2) is 18.2 Å². The fourth-order valence-electron chi connectivity index (χ4n) is 3.55. The fraction of sp³-hybridized carbons (Fsp3) is 0.632. The molecule has 0 saturated carbocycles. The third-order valence-electron chi connectivity index (χ3n) is 5.07. The van der Waals surface area contributed by atoms with Crippen molar-refractivity contribution in [3.63, 3.8) is 0 Å². The lowest BCUT2D eigenvalue weighted by molar-refractivity contribution is -0.118. The molecule has 4 heteroatoms. The van der Waals surface area contributed by atoms with E-state index in [1.54, 1.807) is 0 Å². The maximum atomic E-state index is 12.6. The topological polar surface area (TPSA) is 32.3 Å². The van der Waals surface area contributed by atoms with Crippen LogP contribution in [-0.4, -0.2) is 25.5 Å². The molecule has 1 atom stereocenters. The minimum Gasteiger partial charge on any atom is -0.316 e. The predicted molar refractivity (Wildman–Crippen MR) is 98.7 cm³/mol. The monoisotopic (exact) mass is 336 g/mol. The Bertz CT molecular complexity index is 559. The summed E-state index contributed by atoms with van der Waals surface area (Å²) in [4.78, 5) is 14.6. The molecule has 3 rings (SSSR count). The average molecular weight is 337 g/mol.